The smallest absolute Gasteiger partial charge is 0.266 e. The molecule has 0 fully saturated rings. The van der Waals surface area contributed by atoms with Crippen molar-refractivity contribution in [3.8, 4) is 5.69 Å². The highest BCUT2D eigenvalue weighted by atomic mass is 16.2. The van der Waals surface area contributed by atoms with Crippen molar-refractivity contribution in [1.29, 1.82) is 0 Å². The Balaban J connectivity index is 1.93. The Morgan fingerprint density at radius 3 is 2.61 bits per heavy atom. The maximum Gasteiger partial charge on any atom is 0.266 e. The predicted molar refractivity (Wildman–Crippen MR) is 105 cm³/mol. The Labute approximate surface area is 161 Å². The maximum absolute atomic E-state index is 13.3. The molecule has 28 heavy (non-hydrogen) atoms. The number of hydrogen-bond acceptors (Lipinski definition) is 4. The van der Waals surface area contributed by atoms with Crippen molar-refractivity contribution >= 4 is 22.7 Å². The second-order valence-corrected chi connectivity index (χ2v) is 7.00. The second kappa shape index (κ2) is 6.92. The number of rotatable bonds is 3. The Morgan fingerprint density at radius 1 is 1.11 bits per heavy atom. The van der Waals surface area contributed by atoms with Gasteiger partial charge in [0.15, 0.2) is 0 Å². The molecule has 0 unspecified atom stereocenters. The van der Waals surface area contributed by atoms with Crippen LogP contribution in [0.4, 0.5) is 0 Å². The van der Waals surface area contributed by atoms with Crippen LogP contribution in [0.25, 0.3) is 16.6 Å². The first-order chi connectivity index (χ1) is 13.5. The van der Waals surface area contributed by atoms with Gasteiger partial charge in [-0.1, -0.05) is 24.3 Å². The molecule has 7 nitrogen and oxygen atoms in total. The summed E-state index contributed by atoms with van der Waals surface area (Å²) in [5.74, 6) is 0.103. The molecule has 0 saturated carbocycles. The van der Waals surface area contributed by atoms with E-state index in [9.17, 15) is 14.4 Å². The summed E-state index contributed by atoms with van der Waals surface area (Å²) >= 11 is 0. The first-order valence-corrected chi connectivity index (χ1v) is 9.09. The van der Waals surface area contributed by atoms with Crippen LogP contribution in [0, 0.1) is 0 Å². The van der Waals surface area contributed by atoms with Gasteiger partial charge in [-0.3, -0.25) is 19.0 Å². The largest absolute Gasteiger partial charge is 0.349 e. The van der Waals surface area contributed by atoms with Gasteiger partial charge in [0.2, 0.25) is 5.91 Å². The lowest BCUT2D eigenvalue weighted by molar-refractivity contribution is -0.128. The van der Waals surface area contributed by atoms with Gasteiger partial charge in [0.25, 0.3) is 11.5 Å². The van der Waals surface area contributed by atoms with Gasteiger partial charge in [0, 0.05) is 20.5 Å². The lowest BCUT2D eigenvalue weighted by atomic mass is 10.1. The van der Waals surface area contributed by atoms with E-state index in [2.05, 4.69) is 5.32 Å². The average Bonchev–Trinajstić information content (AvgIpc) is 2.81. The average molecular weight is 376 g/mol. The van der Waals surface area contributed by atoms with Crippen LogP contribution >= 0.6 is 0 Å². The minimum atomic E-state index is -0.555. The van der Waals surface area contributed by atoms with Crippen molar-refractivity contribution in [3.63, 3.8) is 0 Å². The summed E-state index contributed by atoms with van der Waals surface area (Å²) in [4.78, 5) is 44.4. The minimum Gasteiger partial charge on any atom is -0.349 e. The van der Waals surface area contributed by atoms with Crippen molar-refractivity contribution in [1.82, 2.24) is 19.8 Å². The quantitative estimate of drug-likeness (QED) is 0.758. The summed E-state index contributed by atoms with van der Waals surface area (Å²) in [6.07, 6.45) is 0.582. The molecule has 3 aromatic rings. The number of benzene rings is 2. The monoisotopic (exact) mass is 376 g/mol. The number of carbonyl (C=O) groups is 2. The van der Waals surface area contributed by atoms with Crippen LogP contribution in [-0.2, 0) is 4.79 Å². The molecule has 7 heteroatoms. The summed E-state index contributed by atoms with van der Waals surface area (Å²) in [6, 6.07) is 13.5. The molecule has 1 N–H and O–H groups in total. The fourth-order valence-electron chi connectivity index (χ4n) is 3.47. The summed E-state index contributed by atoms with van der Waals surface area (Å²) in [6.45, 7) is 0. The van der Waals surface area contributed by atoms with E-state index in [0.717, 1.165) is 0 Å². The Kier molecular flexibility index (Phi) is 4.43. The van der Waals surface area contributed by atoms with E-state index >= 15 is 0 Å². The van der Waals surface area contributed by atoms with E-state index in [1.165, 1.54) is 9.47 Å². The van der Waals surface area contributed by atoms with Crippen molar-refractivity contribution < 1.29 is 9.59 Å². The highest BCUT2D eigenvalue weighted by molar-refractivity contribution is 5.98. The highest BCUT2D eigenvalue weighted by Crippen LogP contribution is 2.27. The summed E-state index contributed by atoms with van der Waals surface area (Å²) in [7, 11) is 3.38. The number of aromatic nitrogens is 2. The zero-order chi connectivity index (χ0) is 19.8. The molecule has 0 saturated heterocycles. The van der Waals surface area contributed by atoms with E-state index in [1.54, 1.807) is 56.6 Å². The van der Waals surface area contributed by atoms with E-state index in [-0.39, 0.29) is 23.8 Å². The number of hydrogen-bond donors (Lipinski definition) is 1. The van der Waals surface area contributed by atoms with Crippen molar-refractivity contribution in [2.75, 3.05) is 14.1 Å². The molecule has 1 aromatic heterocycles. The van der Waals surface area contributed by atoms with Crippen LogP contribution in [0.5, 0.6) is 0 Å². The molecule has 2 heterocycles. The van der Waals surface area contributed by atoms with Crippen LogP contribution < -0.4 is 10.9 Å². The predicted octanol–water partition coefficient (Wildman–Crippen LogP) is 2.04. The second-order valence-electron chi connectivity index (χ2n) is 7.00. The fraction of sp³-hybridized carbons (Fsp3) is 0.238. The standard InChI is InChI=1S/C21H20N4O3/c1-24(2)18(26)12-11-16-19-22-15-9-5-3-7-13(15)21(28)25(19)17-10-6-4-8-14(17)20(27)23-16/h3-10,16H,11-12H2,1-2H3,(H,23,27)/t16-/m0/s1. The molecular weight excluding hydrogens is 356 g/mol. The summed E-state index contributed by atoms with van der Waals surface area (Å²) < 4.78 is 1.50. The van der Waals surface area contributed by atoms with Gasteiger partial charge in [0.05, 0.1) is 28.2 Å². The molecule has 2 aromatic carbocycles. The van der Waals surface area contributed by atoms with E-state index in [0.29, 0.717) is 34.4 Å². The van der Waals surface area contributed by atoms with Crippen molar-refractivity contribution in [2.45, 2.75) is 18.9 Å². The maximum atomic E-state index is 13.3. The van der Waals surface area contributed by atoms with Crippen LogP contribution in [-0.4, -0.2) is 40.4 Å². The number of amides is 2. The molecule has 1 aliphatic heterocycles. The number of nitrogens with zero attached hydrogens (tertiary/aromatic N) is 3. The number of carbonyl (C=O) groups excluding carboxylic acids is 2. The first kappa shape index (κ1) is 17.9. The molecule has 1 aliphatic rings. The molecular formula is C21H20N4O3. The van der Waals surface area contributed by atoms with Crippen LogP contribution in [0.1, 0.15) is 35.1 Å². The molecule has 0 spiro atoms. The van der Waals surface area contributed by atoms with Crippen LogP contribution in [0.3, 0.4) is 0 Å². The van der Waals surface area contributed by atoms with Crippen LogP contribution in [0.2, 0.25) is 0 Å². The third-order valence-corrected chi connectivity index (χ3v) is 4.95. The van der Waals surface area contributed by atoms with Crippen LogP contribution in [0.15, 0.2) is 53.3 Å². The van der Waals surface area contributed by atoms with E-state index in [4.69, 9.17) is 4.98 Å². The Hall–Kier alpha value is -3.48. The van der Waals surface area contributed by atoms with Crippen molar-refractivity contribution in [3.05, 3.63) is 70.3 Å². The number of nitrogens with one attached hydrogen (secondary N) is 1. The molecule has 1 atom stereocenters. The van der Waals surface area contributed by atoms with Gasteiger partial charge < -0.3 is 10.2 Å². The lowest BCUT2D eigenvalue weighted by Crippen LogP contribution is -2.32. The van der Waals surface area contributed by atoms with Gasteiger partial charge >= 0.3 is 0 Å². The third-order valence-electron chi connectivity index (χ3n) is 4.95. The van der Waals surface area contributed by atoms with Gasteiger partial charge in [0.1, 0.15) is 5.82 Å². The van der Waals surface area contributed by atoms with Crippen molar-refractivity contribution in [2.24, 2.45) is 0 Å². The zero-order valence-corrected chi connectivity index (χ0v) is 15.7. The fourth-order valence-corrected chi connectivity index (χ4v) is 3.47. The SMILES string of the molecule is CN(C)C(=O)CC[C@@H]1NC(=O)c2ccccc2-n2c1nc1ccccc1c2=O. The normalized spacial score (nSPS) is 15.4. The Bertz CT molecular complexity index is 1150. The Morgan fingerprint density at radius 2 is 1.82 bits per heavy atom. The topological polar surface area (TPSA) is 84.3 Å². The van der Waals surface area contributed by atoms with Gasteiger partial charge in [-0.05, 0) is 30.7 Å². The summed E-state index contributed by atoms with van der Waals surface area (Å²) in [5, 5.41) is 3.43. The van der Waals surface area contributed by atoms with Gasteiger partial charge in [-0.2, -0.15) is 0 Å². The van der Waals surface area contributed by atoms with Gasteiger partial charge in [-0.15, -0.1) is 0 Å². The summed E-state index contributed by atoms with van der Waals surface area (Å²) in [5.41, 5.74) is 1.24. The molecule has 0 radical (unpaired) electrons. The minimum absolute atomic E-state index is 0.0503. The third kappa shape index (κ3) is 2.94. The lowest BCUT2D eigenvalue weighted by Gasteiger charge is -2.20. The number of para-hydroxylation sites is 2. The molecule has 0 bridgehead atoms. The van der Waals surface area contributed by atoms with E-state index < -0.39 is 6.04 Å². The molecule has 2 amide bonds. The number of fused-ring (bicyclic) bond motifs is 4. The van der Waals surface area contributed by atoms with E-state index in [1.807, 2.05) is 6.07 Å². The molecule has 142 valence electrons. The first-order valence-electron chi connectivity index (χ1n) is 9.09. The molecule has 0 aliphatic carbocycles. The highest BCUT2D eigenvalue weighted by Gasteiger charge is 2.29. The van der Waals surface area contributed by atoms with Gasteiger partial charge in [-0.25, -0.2) is 4.98 Å². The zero-order valence-electron chi connectivity index (χ0n) is 15.7. The molecule has 4 rings (SSSR count).